The summed E-state index contributed by atoms with van der Waals surface area (Å²) in [7, 11) is 0. The largest absolute Gasteiger partial charge is 0.328 e. The van der Waals surface area contributed by atoms with E-state index in [1.807, 2.05) is 21.5 Å². The van der Waals surface area contributed by atoms with Gasteiger partial charge in [-0.15, -0.1) is 0 Å². The molecule has 0 saturated heterocycles. The molecule has 1 saturated carbocycles. The van der Waals surface area contributed by atoms with Gasteiger partial charge in [-0.05, 0) is 19.3 Å². The van der Waals surface area contributed by atoms with E-state index < -0.39 is 0 Å². The topological polar surface area (TPSA) is 26.9 Å². The van der Waals surface area contributed by atoms with Gasteiger partial charge >= 0.3 is 5.69 Å². The van der Waals surface area contributed by atoms with Gasteiger partial charge in [0.05, 0.1) is 0 Å². The smallest absolute Gasteiger partial charge is 0.299 e. The highest BCUT2D eigenvalue weighted by atomic mass is 16.1. The molecule has 3 heteroatoms. The molecule has 0 atom stereocenters. The van der Waals surface area contributed by atoms with Crippen LogP contribution in [0.2, 0.25) is 0 Å². The summed E-state index contributed by atoms with van der Waals surface area (Å²) in [6.07, 6.45) is 11.1. The quantitative estimate of drug-likeness (QED) is 0.660. The average molecular weight is 208 g/mol. The molecule has 1 aliphatic rings. The SMILES string of the molecule is CCCCCCn1ccn(C2CC2)c1=O. The van der Waals surface area contributed by atoms with Gasteiger partial charge in [0.25, 0.3) is 0 Å². The lowest BCUT2D eigenvalue weighted by Gasteiger charge is -2.01. The van der Waals surface area contributed by atoms with Crippen molar-refractivity contribution in [2.45, 2.75) is 58.0 Å². The van der Waals surface area contributed by atoms with Gasteiger partial charge in [0.15, 0.2) is 0 Å². The molecule has 0 spiro atoms. The maximum absolute atomic E-state index is 11.8. The van der Waals surface area contributed by atoms with Crippen LogP contribution < -0.4 is 5.69 Å². The molecular formula is C12H20N2O. The van der Waals surface area contributed by atoms with Crippen LogP contribution in [0, 0.1) is 0 Å². The highest BCUT2D eigenvalue weighted by Gasteiger charge is 2.25. The fraction of sp³-hybridized carbons (Fsp3) is 0.750. The molecule has 1 aliphatic carbocycles. The summed E-state index contributed by atoms with van der Waals surface area (Å²) < 4.78 is 3.74. The summed E-state index contributed by atoms with van der Waals surface area (Å²) in [5, 5.41) is 0. The Morgan fingerprint density at radius 2 is 2.07 bits per heavy atom. The molecule has 1 aromatic rings. The zero-order chi connectivity index (χ0) is 10.7. The maximum Gasteiger partial charge on any atom is 0.328 e. The Balaban J connectivity index is 1.88. The molecule has 0 aromatic carbocycles. The Hall–Kier alpha value is -0.990. The fourth-order valence-corrected chi connectivity index (χ4v) is 1.94. The Kier molecular flexibility index (Phi) is 3.29. The Bertz CT molecular complexity index is 360. The molecule has 1 heterocycles. The average Bonchev–Trinajstić information content (AvgIpc) is 3.00. The number of nitrogens with zero attached hydrogens (tertiary/aromatic N) is 2. The van der Waals surface area contributed by atoms with Crippen molar-refractivity contribution in [3.8, 4) is 0 Å². The first-order valence-corrected chi connectivity index (χ1v) is 6.10. The van der Waals surface area contributed by atoms with Gasteiger partial charge in [-0.2, -0.15) is 0 Å². The number of rotatable bonds is 6. The van der Waals surface area contributed by atoms with Crippen molar-refractivity contribution in [2.24, 2.45) is 0 Å². The summed E-state index contributed by atoms with van der Waals surface area (Å²) in [6, 6.07) is 0.509. The second kappa shape index (κ2) is 4.69. The third-order valence-corrected chi connectivity index (χ3v) is 3.07. The minimum absolute atomic E-state index is 0.189. The van der Waals surface area contributed by atoms with E-state index in [0.717, 1.165) is 13.0 Å². The highest BCUT2D eigenvalue weighted by molar-refractivity contribution is 4.91. The molecule has 0 bridgehead atoms. The molecule has 0 N–H and O–H groups in total. The Labute approximate surface area is 90.7 Å². The maximum atomic E-state index is 11.8. The van der Waals surface area contributed by atoms with Crippen LogP contribution in [0.15, 0.2) is 17.2 Å². The van der Waals surface area contributed by atoms with E-state index >= 15 is 0 Å². The first-order chi connectivity index (χ1) is 7.33. The lowest BCUT2D eigenvalue weighted by Crippen LogP contribution is -2.23. The van der Waals surface area contributed by atoms with Gasteiger partial charge in [0.1, 0.15) is 0 Å². The monoisotopic (exact) mass is 208 g/mol. The van der Waals surface area contributed by atoms with Crippen molar-refractivity contribution in [1.29, 1.82) is 0 Å². The summed E-state index contributed by atoms with van der Waals surface area (Å²) in [5.74, 6) is 0. The molecular weight excluding hydrogens is 188 g/mol. The molecule has 3 nitrogen and oxygen atoms in total. The first kappa shape index (κ1) is 10.5. The van der Waals surface area contributed by atoms with Crippen LogP contribution in [-0.2, 0) is 6.54 Å². The van der Waals surface area contributed by atoms with Crippen molar-refractivity contribution >= 4 is 0 Å². The van der Waals surface area contributed by atoms with E-state index in [-0.39, 0.29) is 5.69 Å². The number of hydrogen-bond acceptors (Lipinski definition) is 1. The predicted octanol–water partition coefficient (Wildman–Crippen LogP) is 2.57. The summed E-state index contributed by atoms with van der Waals surface area (Å²) in [5.41, 5.74) is 0.189. The minimum Gasteiger partial charge on any atom is -0.299 e. The number of unbranched alkanes of at least 4 members (excludes halogenated alkanes) is 3. The molecule has 15 heavy (non-hydrogen) atoms. The van der Waals surface area contributed by atoms with Crippen LogP contribution in [0.25, 0.3) is 0 Å². The molecule has 1 aromatic heterocycles. The van der Waals surface area contributed by atoms with Crippen molar-refractivity contribution in [1.82, 2.24) is 9.13 Å². The fourth-order valence-electron chi connectivity index (χ4n) is 1.94. The van der Waals surface area contributed by atoms with Crippen molar-refractivity contribution in [2.75, 3.05) is 0 Å². The van der Waals surface area contributed by atoms with Crippen LogP contribution in [-0.4, -0.2) is 9.13 Å². The van der Waals surface area contributed by atoms with Crippen LogP contribution in [0.3, 0.4) is 0 Å². The van der Waals surface area contributed by atoms with Crippen molar-refractivity contribution < 1.29 is 0 Å². The number of aryl methyl sites for hydroxylation is 1. The zero-order valence-electron chi connectivity index (χ0n) is 9.48. The van der Waals surface area contributed by atoms with E-state index in [0.29, 0.717) is 6.04 Å². The van der Waals surface area contributed by atoms with E-state index in [9.17, 15) is 4.79 Å². The molecule has 84 valence electrons. The van der Waals surface area contributed by atoms with Gasteiger partial charge in [-0.25, -0.2) is 4.79 Å². The Morgan fingerprint density at radius 1 is 1.27 bits per heavy atom. The Morgan fingerprint density at radius 3 is 2.73 bits per heavy atom. The zero-order valence-corrected chi connectivity index (χ0v) is 9.48. The van der Waals surface area contributed by atoms with Crippen molar-refractivity contribution in [3.05, 3.63) is 22.9 Å². The molecule has 2 rings (SSSR count). The van der Waals surface area contributed by atoms with Crippen LogP contribution in [0.1, 0.15) is 51.5 Å². The number of hydrogen-bond donors (Lipinski definition) is 0. The lowest BCUT2D eigenvalue weighted by molar-refractivity contribution is 0.556. The summed E-state index contributed by atoms with van der Waals surface area (Å²) in [4.78, 5) is 11.8. The normalized spacial score (nSPS) is 15.8. The van der Waals surface area contributed by atoms with E-state index in [2.05, 4.69) is 6.92 Å². The lowest BCUT2D eigenvalue weighted by atomic mass is 10.2. The second-order valence-corrected chi connectivity index (χ2v) is 4.47. The van der Waals surface area contributed by atoms with Gasteiger partial charge in [0.2, 0.25) is 0 Å². The van der Waals surface area contributed by atoms with E-state index in [4.69, 9.17) is 0 Å². The number of imidazole rings is 1. The summed E-state index contributed by atoms with van der Waals surface area (Å²) in [6.45, 7) is 3.09. The highest BCUT2D eigenvalue weighted by Crippen LogP contribution is 2.33. The molecule has 0 unspecified atom stereocenters. The summed E-state index contributed by atoms with van der Waals surface area (Å²) >= 11 is 0. The van der Waals surface area contributed by atoms with Gasteiger partial charge < -0.3 is 0 Å². The molecule has 0 aliphatic heterocycles. The van der Waals surface area contributed by atoms with E-state index in [1.54, 1.807) is 0 Å². The van der Waals surface area contributed by atoms with Gasteiger partial charge in [-0.1, -0.05) is 26.2 Å². The van der Waals surface area contributed by atoms with Crippen LogP contribution in [0.4, 0.5) is 0 Å². The number of aromatic nitrogens is 2. The standard InChI is InChI=1S/C12H20N2O/c1-2-3-4-5-8-13-9-10-14(12(13)15)11-6-7-11/h9-11H,2-8H2,1H3. The predicted molar refractivity (Wildman–Crippen MR) is 61.1 cm³/mol. The molecule has 0 radical (unpaired) electrons. The minimum atomic E-state index is 0.189. The van der Waals surface area contributed by atoms with Crippen LogP contribution in [0.5, 0.6) is 0 Å². The van der Waals surface area contributed by atoms with Gasteiger partial charge in [0, 0.05) is 25.0 Å². The van der Waals surface area contributed by atoms with E-state index in [1.165, 1.54) is 32.1 Å². The first-order valence-electron chi connectivity index (χ1n) is 6.10. The van der Waals surface area contributed by atoms with Gasteiger partial charge in [-0.3, -0.25) is 9.13 Å². The third kappa shape index (κ3) is 2.52. The molecule has 1 fully saturated rings. The third-order valence-electron chi connectivity index (χ3n) is 3.07. The molecule has 0 amide bonds. The van der Waals surface area contributed by atoms with Crippen LogP contribution >= 0.6 is 0 Å². The van der Waals surface area contributed by atoms with Crippen molar-refractivity contribution in [3.63, 3.8) is 0 Å². The second-order valence-electron chi connectivity index (χ2n) is 4.47.